The molecule has 0 saturated carbocycles. The van der Waals surface area contributed by atoms with Gasteiger partial charge in [0.05, 0.1) is 26.7 Å². The summed E-state index contributed by atoms with van der Waals surface area (Å²) in [5, 5.41) is 8.97. The number of hydrogen-bond acceptors (Lipinski definition) is 6. The Kier molecular flexibility index (Phi) is 7.03. The minimum absolute atomic E-state index is 0.0300. The van der Waals surface area contributed by atoms with Crippen LogP contribution in [0.25, 0.3) is 0 Å². The molecule has 0 rings (SSSR count). The number of methoxy groups -OCH3 is 1. The Balaban J connectivity index is 5.03. The molecule has 0 heterocycles. The van der Waals surface area contributed by atoms with Crippen molar-refractivity contribution in [3.8, 4) is 0 Å². The first-order chi connectivity index (χ1) is 7.91. The molecular formula is C9H17O7P. The zero-order chi connectivity index (χ0) is 13.5. The number of carbonyl (C=O) groups excluding carboxylic acids is 1. The van der Waals surface area contributed by atoms with Crippen molar-refractivity contribution in [3.05, 3.63) is 0 Å². The van der Waals surface area contributed by atoms with Gasteiger partial charge in [-0.15, -0.1) is 0 Å². The van der Waals surface area contributed by atoms with E-state index in [2.05, 4.69) is 4.74 Å². The normalized spacial score (nSPS) is 13.1. The SMILES string of the molecule is CCOP(=O)(OCC)C(CC(=O)OC)C(=O)O. The number of carboxylic acids is 1. The summed E-state index contributed by atoms with van der Waals surface area (Å²) in [6, 6.07) is 0. The molecule has 0 aromatic carbocycles. The van der Waals surface area contributed by atoms with Crippen molar-refractivity contribution in [1.29, 1.82) is 0 Å². The second-order valence-electron chi connectivity index (χ2n) is 3.01. The first kappa shape index (κ1) is 16.1. The number of hydrogen-bond donors (Lipinski definition) is 1. The lowest BCUT2D eigenvalue weighted by Gasteiger charge is -2.22. The molecule has 1 N–H and O–H groups in total. The van der Waals surface area contributed by atoms with Gasteiger partial charge in [0, 0.05) is 0 Å². The number of esters is 1. The molecule has 17 heavy (non-hydrogen) atoms. The highest BCUT2D eigenvalue weighted by Gasteiger charge is 2.42. The summed E-state index contributed by atoms with van der Waals surface area (Å²) in [4.78, 5) is 22.1. The molecule has 0 aromatic rings. The van der Waals surface area contributed by atoms with Crippen LogP contribution in [0.1, 0.15) is 20.3 Å². The molecule has 100 valence electrons. The third kappa shape index (κ3) is 4.85. The summed E-state index contributed by atoms with van der Waals surface area (Å²) in [5.74, 6) is -2.20. The first-order valence-corrected chi connectivity index (χ1v) is 6.70. The van der Waals surface area contributed by atoms with Crippen LogP contribution in [0.2, 0.25) is 0 Å². The van der Waals surface area contributed by atoms with Gasteiger partial charge in [0.15, 0.2) is 5.66 Å². The average Bonchev–Trinajstić information content (AvgIpc) is 2.25. The quantitative estimate of drug-likeness (QED) is 0.522. The Bertz CT molecular complexity index is 304. The molecule has 0 bridgehead atoms. The standard InChI is InChI=1S/C9H17O7P/c1-4-15-17(13,16-5-2)7(9(11)12)6-8(10)14-3/h7H,4-6H2,1-3H3,(H,11,12). The largest absolute Gasteiger partial charge is 0.481 e. The molecule has 0 spiro atoms. The van der Waals surface area contributed by atoms with E-state index in [9.17, 15) is 14.2 Å². The van der Waals surface area contributed by atoms with Crippen LogP contribution in [-0.2, 0) is 27.9 Å². The van der Waals surface area contributed by atoms with E-state index in [0.29, 0.717) is 0 Å². The van der Waals surface area contributed by atoms with Crippen molar-refractivity contribution in [2.75, 3.05) is 20.3 Å². The first-order valence-electron chi connectivity index (χ1n) is 5.09. The van der Waals surface area contributed by atoms with Crippen molar-refractivity contribution in [2.24, 2.45) is 0 Å². The molecule has 0 saturated heterocycles. The fraction of sp³-hybridized carbons (Fsp3) is 0.778. The molecule has 0 amide bonds. The van der Waals surface area contributed by atoms with E-state index in [1.54, 1.807) is 13.8 Å². The zero-order valence-electron chi connectivity index (χ0n) is 10.0. The van der Waals surface area contributed by atoms with E-state index >= 15 is 0 Å². The molecule has 8 heteroatoms. The van der Waals surface area contributed by atoms with Crippen LogP contribution >= 0.6 is 7.60 Å². The van der Waals surface area contributed by atoms with Gasteiger partial charge in [-0.3, -0.25) is 14.2 Å². The monoisotopic (exact) mass is 268 g/mol. The Hall–Kier alpha value is -0.910. The van der Waals surface area contributed by atoms with E-state index in [4.69, 9.17) is 14.2 Å². The predicted molar refractivity (Wildman–Crippen MR) is 58.9 cm³/mol. The van der Waals surface area contributed by atoms with Crippen molar-refractivity contribution >= 4 is 19.5 Å². The van der Waals surface area contributed by atoms with Gasteiger partial charge in [-0.1, -0.05) is 0 Å². The third-order valence-corrected chi connectivity index (χ3v) is 4.28. The fourth-order valence-corrected chi connectivity index (χ4v) is 2.95. The summed E-state index contributed by atoms with van der Waals surface area (Å²) < 4.78 is 26.3. The number of ether oxygens (including phenoxy) is 1. The molecular weight excluding hydrogens is 251 g/mol. The van der Waals surface area contributed by atoms with Gasteiger partial charge >= 0.3 is 19.5 Å². The van der Waals surface area contributed by atoms with E-state index in [-0.39, 0.29) is 13.2 Å². The predicted octanol–water partition coefficient (Wildman–Crippen LogP) is 1.27. The van der Waals surface area contributed by atoms with Crippen molar-refractivity contribution in [3.63, 3.8) is 0 Å². The Morgan fingerprint density at radius 2 is 1.71 bits per heavy atom. The van der Waals surface area contributed by atoms with Crippen LogP contribution < -0.4 is 0 Å². The van der Waals surface area contributed by atoms with Gasteiger partial charge in [-0.25, -0.2) is 0 Å². The number of rotatable bonds is 8. The van der Waals surface area contributed by atoms with Gasteiger partial charge in [0.25, 0.3) is 0 Å². The molecule has 0 aliphatic rings. The van der Waals surface area contributed by atoms with E-state index in [0.717, 1.165) is 7.11 Å². The minimum atomic E-state index is -3.85. The number of carboxylic acid groups (broad SMARTS) is 1. The van der Waals surface area contributed by atoms with Gasteiger partial charge in [-0.05, 0) is 13.8 Å². The van der Waals surface area contributed by atoms with Crippen LogP contribution in [0.15, 0.2) is 0 Å². The minimum Gasteiger partial charge on any atom is -0.481 e. The zero-order valence-corrected chi connectivity index (χ0v) is 10.9. The Morgan fingerprint density at radius 3 is 2.00 bits per heavy atom. The summed E-state index contributed by atoms with van der Waals surface area (Å²) in [7, 11) is -2.73. The van der Waals surface area contributed by atoms with Crippen molar-refractivity contribution < 1.29 is 33.0 Å². The molecule has 0 fully saturated rings. The summed E-state index contributed by atoms with van der Waals surface area (Å²) in [6.45, 7) is 3.18. The number of carbonyl (C=O) groups is 2. The second-order valence-corrected chi connectivity index (χ2v) is 5.23. The maximum absolute atomic E-state index is 12.2. The molecule has 7 nitrogen and oxygen atoms in total. The van der Waals surface area contributed by atoms with Crippen molar-refractivity contribution in [2.45, 2.75) is 25.9 Å². The van der Waals surface area contributed by atoms with E-state index < -0.39 is 31.6 Å². The smallest absolute Gasteiger partial charge is 0.345 e. The molecule has 1 unspecified atom stereocenters. The van der Waals surface area contributed by atoms with Crippen LogP contribution in [0.5, 0.6) is 0 Å². The lowest BCUT2D eigenvalue weighted by Crippen LogP contribution is -2.26. The van der Waals surface area contributed by atoms with Gasteiger partial charge in [-0.2, -0.15) is 0 Å². The molecule has 0 aromatic heterocycles. The molecule has 0 aliphatic carbocycles. The van der Waals surface area contributed by atoms with Gasteiger partial charge in [0.2, 0.25) is 0 Å². The average molecular weight is 268 g/mol. The topological polar surface area (TPSA) is 99.1 Å². The second kappa shape index (κ2) is 7.42. The van der Waals surface area contributed by atoms with E-state index in [1.165, 1.54) is 0 Å². The maximum Gasteiger partial charge on any atom is 0.345 e. The van der Waals surface area contributed by atoms with Crippen LogP contribution in [-0.4, -0.2) is 43.0 Å². The van der Waals surface area contributed by atoms with Gasteiger partial charge < -0.3 is 18.9 Å². The molecule has 0 radical (unpaired) electrons. The Labute approximate surface area is 99.6 Å². The molecule has 0 aliphatic heterocycles. The Morgan fingerprint density at radius 1 is 1.24 bits per heavy atom. The summed E-state index contributed by atoms with van der Waals surface area (Å²) in [5.41, 5.74) is -1.55. The lowest BCUT2D eigenvalue weighted by molar-refractivity contribution is -0.145. The van der Waals surface area contributed by atoms with E-state index in [1.807, 2.05) is 0 Å². The maximum atomic E-state index is 12.2. The van der Waals surface area contributed by atoms with Crippen molar-refractivity contribution in [1.82, 2.24) is 0 Å². The summed E-state index contributed by atoms with van der Waals surface area (Å²) in [6.07, 6.45) is -0.552. The van der Waals surface area contributed by atoms with Crippen LogP contribution in [0.4, 0.5) is 0 Å². The lowest BCUT2D eigenvalue weighted by atomic mass is 10.3. The highest BCUT2D eigenvalue weighted by atomic mass is 31.2. The van der Waals surface area contributed by atoms with Crippen LogP contribution in [0, 0.1) is 0 Å². The molecule has 1 atom stereocenters. The number of aliphatic carboxylic acids is 1. The van der Waals surface area contributed by atoms with Gasteiger partial charge in [0.1, 0.15) is 0 Å². The summed E-state index contributed by atoms with van der Waals surface area (Å²) >= 11 is 0. The fourth-order valence-electron chi connectivity index (χ4n) is 1.15. The highest BCUT2D eigenvalue weighted by molar-refractivity contribution is 7.55. The highest BCUT2D eigenvalue weighted by Crippen LogP contribution is 2.54. The van der Waals surface area contributed by atoms with Crippen LogP contribution in [0.3, 0.4) is 0 Å². The third-order valence-electron chi connectivity index (χ3n) is 1.87.